The van der Waals surface area contributed by atoms with Crippen LogP contribution in [-0.2, 0) is 6.54 Å². The molecule has 1 aromatic carbocycles. The quantitative estimate of drug-likeness (QED) is 0.786. The van der Waals surface area contributed by atoms with Crippen molar-refractivity contribution in [3.63, 3.8) is 0 Å². The van der Waals surface area contributed by atoms with Gasteiger partial charge in [0.15, 0.2) is 0 Å². The van der Waals surface area contributed by atoms with E-state index in [0.29, 0.717) is 6.54 Å². The predicted octanol–water partition coefficient (Wildman–Crippen LogP) is 3.42. The average molecular weight is 351 g/mol. The van der Waals surface area contributed by atoms with E-state index >= 15 is 0 Å². The molecule has 2 aromatic heterocycles. The molecular formula is C20H25N5O. The van der Waals surface area contributed by atoms with E-state index < -0.39 is 0 Å². The van der Waals surface area contributed by atoms with Gasteiger partial charge >= 0.3 is 0 Å². The minimum atomic E-state index is 0.0977. The summed E-state index contributed by atoms with van der Waals surface area (Å²) in [5.74, 6) is 1.34. The highest BCUT2D eigenvalue weighted by atomic mass is 16.2. The van der Waals surface area contributed by atoms with Crippen LogP contribution < -0.4 is 0 Å². The van der Waals surface area contributed by atoms with E-state index in [0.717, 1.165) is 59.7 Å². The first-order valence-electron chi connectivity index (χ1n) is 9.36. The molecule has 1 fully saturated rings. The van der Waals surface area contributed by atoms with Crippen LogP contribution in [0.4, 0.5) is 0 Å². The van der Waals surface area contributed by atoms with Crippen LogP contribution in [0.25, 0.3) is 11.0 Å². The van der Waals surface area contributed by atoms with Gasteiger partial charge in [-0.1, -0.05) is 12.1 Å². The van der Waals surface area contributed by atoms with E-state index in [4.69, 9.17) is 4.98 Å². The lowest BCUT2D eigenvalue weighted by molar-refractivity contribution is 0.0703. The van der Waals surface area contributed by atoms with Crippen molar-refractivity contribution in [1.29, 1.82) is 0 Å². The van der Waals surface area contributed by atoms with Gasteiger partial charge in [-0.25, -0.2) is 4.98 Å². The number of piperidine rings is 1. The predicted molar refractivity (Wildman–Crippen MR) is 101 cm³/mol. The lowest BCUT2D eigenvalue weighted by atomic mass is 9.96. The zero-order valence-electron chi connectivity index (χ0n) is 15.6. The van der Waals surface area contributed by atoms with Crippen LogP contribution in [-0.4, -0.2) is 43.6 Å². The Morgan fingerprint density at radius 2 is 2.12 bits per heavy atom. The number of aromatic amines is 1. The number of nitrogens with zero attached hydrogens (tertiary/aromatic N) is 4. The van der Waals surface area contributed by atoms with Crippen molar-refractivity contribution in [2.24, 2.45) is 0 Å². The number of benzene rings is 1. The van der Waals surface area contributed by atoms with Crippen molar-refractivity contribution in [2.45, 2.75) is 46.1 Å². The summed E-state index contributed by atoms with van der Waals surface area (Å²) in [5, 5.41) is 4.50. The summed E-state index contributed by atoms with van der Waals surface area (Å²) >= 11 is 0. The topological polar surface area (TPSA) is 66.8 Å². The third-order valence-electron chi connectivity index (χ3n) is 5.40. The summed E-state index contributed by atoms with van der Waals surface area (Å²) in [5.41, 5.74) is 4.59. The minimum absolute atomic E-state index is 0.0977. The third-order valence-corrected chi connectivity index (χ3v) is 5.40. The number of imidazole rings is 1. The van der Waals surface area contributed by atoms with Crippen LogP contribution >= 0.6 is 0 Å². The fourth-order valence-corrected chi connectivity index (χ4v) is 4.02. The van der Waals surface area contributed by atoms with Crippen molar-refractivity contribution in [3.8, 4) is 0 Å². The fourth-order valence-electron chi connectivity index (χ4n) is 4.02. The number of aryl methyl sites for hydroxylation is 2. The lowest BCUT2D eigenvalue weighted by Crippen LogP contribution is -2.39. The molecule has 136 valence electrons. The first kappa shape index (κ1) is 16.8. The van der Waals surface area contributed by atoms with Gasteiger partial charge in [0.25, 0.3) is 5.91 Å². The van der Waals surface area contributed by atoms with Crippen molar-refractivity contribution in [2.75, 3.05) is 13.1 Å². The van der Waals surface area contributed by atoms with Gasteiger partial charge in [-0.05, 0) is 45.7 Å². The number of nitrogens with one attached hydrogen (secondary N) is 1. The molecule has 0 bridgehead atoms. The number of rotatable bonds is 3. The van der Waals surface area contributed by atoms with Gasteiger partial charge in [0.2, 0.25) is 0 Å². The Kier molecular flexibility index (Phi) is 4.26. The van der Waals surface area contributed by atoms with E-state index in [1.807, 2.05) is 54.6 Å². The Bertz CT molecular complexity index is 921. The molecule has 0 spiro atoms. The third kappa shape index (κ3) is 2.79. The van der Waals surface area contributed by atoms with Crippen molar-refractivity contribution >= 4 is 16.9 Å². The first-order chi connectivity index (χ1) is 12.6. The zero-order valence-corrected chi connectivity index (χ0v) is 15.6. The number of carbonyl (C=O) groups is 1. The molecule has 1 N–H and O–H groups in total. The van der Waals surface area contributed by atoms with Gasteiger partial charge in [-0.3, -0.25) is 9.48 Å². The van der Waals surface area contributed by atoms with E-state index in [9.17, 15) is 4.79 Å². The second-order valence-electron chi connectivity index (χ2n) is 7.09. The molecule has 1 atom stereocenters. The van der Waals surface area contributed by atoms with Crippen LogP contribution in [0.1, 0.15) is 53.3 Å². The molecule has 0 radical (unpaired) electrons. The summed E-state index contributed by atoms with van der Waals surface area (Å²) < 4.78 is 1.91. The highest BCUT2D eigenvalue weighted by Crippen LogP contribution is 2.28. The fraction of sp³-hybridized carbons (Fsp3) is 0.450. The van der Waals surface area contributed by atoms with Crippen molar-refractivity contribution in [3.05, 3.63) is 47.0 Å². The normalized spacial score (nSPS) is 17.8. The number of likely N-dealkylation sites (tertiary alicyclic amines) is 1. The molecule has 3 heterocycles. The maximum atomic E-state index is 13.2. The summed E-state index contributed by atoms with van der Waals surface area (Å²) in [4.78, 5) is 23.3. The molecule has 1 aliphatic heterocycles. The Labute approximate surface area is 153 Å². The zero-order chi connectivity index (χ0) is 18.3. The van der Waals surface area contributed by atoms with Crippen molar-refractivity contribution in [1.82, 2.24) is 24.6 Å². The molecule has 1 saturated heterocycles. The number of amides is 1. The summed E-state index contributed by atoms with van der Waals surface area (Å²) in [6.45, 7) is 8.23. The first-order valence-corrected chi connectivity index (χ1v) is 9.36. The molecule has 0 saturated carbocycles. The van der Waals surface area contributed by atoms with Gasteiger partial charge in [0, 0.05) is 31.2 Å². The highest BCUT2D eigenvalue weighted by Gasteiger charge is 2.30. The maximum absolute atomic E-state index is 13.2. The standard InChI is InChI=1S/C20H25N5O/c1-4-25-14(3)18(13(2)23-25)20(26)24-11-7-8-15(12-24)19-21-16-9-5-6-10-17(16)22-19/h5-6,9-10,15H,4,7-8,11-12H2,1-3H3,(H,21,22). The molecular weight excluding hydrogens is 326 g/mol. The van der Waals surface area contributed by atoms with Gasteiger partial charge in [0.1, 0.15) is 5.82 Å². The molecule has 3 aromatic rings. The van der Waals surface area contributed by atoms with E-state index in [1.54, 1.807) is 0 Å². The number of para-hydroxylation sites is 2. The Balaban J connectivity index is 1.58. The van der Waals surface area contributed by atoms with Crippen LogP contribution in [0, 0.1) is 13.8 Å². The number of H-pyrrole nitrogens is 1. The van der Waals surface area contributed by atoms with Crippen molar-refractivity contribution < 1.29 is 4.79 Å². The number of hydrogen-bond acceptors (Lipinski definition) is 3. The smallest absolute Gasteiger partial charge is 0.257 e. The molecule has 26 heavy (non-hydrogen) atoms. The minimum Gasteiger partial charge on any atom is -0.342 e. The average Bonchev–Trinajstić information content (AvgIpc) is 3.22. The van der Waals surface area contributed by atoms with Crippen LogP contribution in [0.5, 0.6) is 0 Å². The van der Waals surface area contributed by atoms with Gasteiger partial charge < -0.3 is 9.88 Å². The van der Waals surface area contributed by atoms with Crippen LogP contribution in [0.3, 0.4) is 0 Å². The van der Waals surface area contributed by atoms with E-state index in [-0.39, 0.29) is 11.8 Å². The number of aromatic nitrogens is 4. The van der Waals surface area contributed by atoms with Gasteiger partial charge in [-0.2, -0.15) is 5.10 Å². The SMILES string of the molecule is CCn1nc(C)c(C(=O)N2CCCC(c3nc4ccccc4[nH]3)C2)c1C. The number of carbonyl (C=O) groups excluding carboxylic acids is 1. The maximum Gasteiger partial charge on any atom is 0.257 e. The van der Waals surface area contributed by atoms with Gasteiger partial charge in [0.05, 0.1) is 22.3 Å². The molecule has 1 amide bonds. The molecule has 4 rings (SSSR count). The number of fused-ring (bicyclic) bond motifs is 1. The molecule has 1 unspecified atom stereocenters. The van der Waals surface area contributed by atoms with Crippen LogP contribution in [0.2, 0.25) is 0 Å². The molecule has 6 nitrogen and oxygen atoms in total. The molecule has 0 aliphatic carbocycles. The summed E-state index contributed by atoms with van der Waals surface area (Å²) in [7, 11) is 0. The van der Waals surface area contributed by atoms with Gasteiger partial charge in [-0.15, -0.1) is 0 Å². The Hall–Kier alpha value is -2.63. The van der Waals surface area contributed by atoms with E-state index in [2.05, 4.69) is 10.1 Å². The molecule has 1 aliphatic rings. The number of hydrogen-bond donors (Lipinski definition) is 1. The monoisotopic (exact) mass is 351 g/mol. The second-order valence-corrected chi connectivity index (χ2v) is 7.09. The molecule has 6 heteroatoms. The highest BCUT2D eigenvalue weighted by molar-refractivity contribution is 5.96. The lowest BCUT2D eigenvalue weighted by Gasteiger charge is -2.32. The van der Waals surface area contributed by atoms with E-state index in [1.165, 1.54) is 0 Å². The largest absolute Gasteiger partial charge is 0.342 e. The summed E-state index contributed by atoms with van der Waals surface area (Å²) in [6.07, 6.45) is 2.04. The summed E-state index contributed by atoms with van der Waals surface area (Å²) in [6, 6.07) is 8.08. The Morgan fingerprint density at radius 3 is 2.85 bits per heavy atom. The van der Waals surface area contributed by atoms with Crippen LogP contribution in [0.15, 0.2) is 24.3 Å². The second kappa shape index (κ2) is 6.59. The Morgan fingerprint density at radius 1 is 1.31 bits per heavy atom.